The highest BCUT2D eigenvalue weighted by atomic mass is 32.2. The molecule has 0 radical (unpaired) electrons. The van der Waals surface area contributed by atoms with E-state index in [-0.39, 0.29) is 18.4 Å². The minimum atomic E-state index is -1.28. The van der Waals surface area contributed by atoms with Gasteiger partial charge in [-0.05, 0) is 30.5 Å². The standard InChI is InChI=1S/C21H24F2N6O3S/c1-2-3-33-21-25-19(24-13-7-12(13)9-4-10(22)6-11(23)5-9)16-20(26-21)29(28-27-16)14-8-15(30)18(32)17(14)31/h4-6,12-15,17-18,30-32H,2-3,7-8H2,1H3,(H,24,25,26)/t12?,13?,14-,15+,17+,18-/m1/s1. The summed E-state index contributed by atoms with van der Waals surface area (Å²) in [4.78, 5) is 9.15. The first kappa shape index (κ1) is 22.4. The van der Waals surface area contributed by atoms with Crippen LogP contribution in [0.1, 0.15) is 43.7 Å². The Morgan fingerprint density at radius 2 is 1.85 bits per heavy atom. The van der Waals surface area contributed by atoms with Crippen molar-refractivity contribution in [3.05, 3.63) is 35.4 Å². The number of fused-ring (bicyclic) bond motifs is 1. The molecule has 2 aliphatic carbocycles. The Morgan fingerprint density at radius 1 is 1.09 bits per heavy atom. The van der Waals surface area contributed by atoms with Crippen LogP contribution in [0.15, 0.2) is 23.4 Å². The molecule has 9 nitrogen and oxygen atoms in total. The van der Waals surface area contributed by atoms with Gasteiger partial charge in [0.1, 0.15) is 23.8 Å². The summed E-state index contributed by atoms with van der Waals surface area (Å²) in [6, 6.07) is 2.75. The van der Waals surface area contributed by atoms with Gasteiger partial charge in [-0.25, -0.2) is 23.4 Å². The molecule has 0 amide bonds. The Labute approximate surface area is 192 Å². The molecule has 6 atom stereocenters. The van der Waals surface area contributed by atoms with Crippen LogP contribution in [0.4, 0.5) is 14.6 Å². The predicted molar refractivity (Wildman–Crippen MR) is 117 cm³/mol. The van der Waals surface area contributed by atoms with Gasteiger partial charge in [-0.3, -0.25) is 0 Å². The zero-order chi connectivity index (χ0) is 23.3. The quantitative estimate of drug-likeness (QED) is 0.298. The first-order chi connectivity index (χ1) is 15.9. The zero-order valence-corrected chi connectivity index (χ0v) is 18.6. The number of hydrogen-bond donors (Lipinski definition) is 4. The van der Waals surface area contributed by atoms with E-state index in [0.717, 1.165) is 18.2 Å². The number of benzene rings is 1. The second-order valence-corrected chi connectivity index (χ2v) is 9.62. The van der Waals surface area contributed by atoms with Crippen molar-refractivity contribution in [1.82, 2.24) is 25.0 Å². The number of thioether (sulfide) groups is 1. The second-order valence-electron chi connectivity index (χ2n) is 8.56. The van der Waals surface area contributed by atoms with E-state index in [1.54, 1.807) is 0 Å². The van der Waals surface area contributed by atoms with E-state index in [1.165, 1.54) is 28.6 Å². The molecule has 5 rings (SSSR count). The molecule has 2 aromatic heterocycles. The fourth-order valence-corrected chi connectivity index (χ4v) is 5.00. The van der Waals surface area contributed by atoms with Crippen LogP contribution in [0.5, 0.6) is 0 Å². The number of hydrogen-bond acceptors (Lipinski definition) is 9. The second kappa shape index (κ2) is 8.75. The van der Waals surface area contributed by atoms with Crippen LogP contribution >= 0.6 is 11.8 Å². The predicted octanol–water partition coefficient (Wildman–Crippen LogP) is 2.00. The van der Waals surface area contributed by atoms with Crippen molar-refractivity contribution >= 4 is 28.7 Å². The summed E-state index contributed by atoms with van der Waals surface area (Å²) in [5, 5.41) is 42.5. The molecule has 2 fully saturated rings. The maximum atomic E-state index is 13.6. The average Bonchev–Trinajstić information content (AvgIpc) is 3.34. The Bertz CT molecular complexity index is 1160. The summed E-state index contributed by atoms with van der Waals surface area (Å²) in [6.07, 6.45) is -1.85. The molecule has 0 spiro atoms. The molecule has 3 aromatic rings. The number of nitrogens with one attached hydrogen (secondary N) is 1. The van der Waals surface area contributed by atoms with Crippen LogP contribution in [0.25, 0.3) is 11.2 Å². The molecule has 2 saturated carbocycles. The minimum absolute atomic E-state index is 0.0658. The SMILES string of the molecule is CCCSc1nc(NC2CC2c2cc(F)cc(F)c2)c2nnn([C@@H]3C[C@H](O)[C@@H](O)[C@H]3O)c2n1. The molecule has 2 heterocycles. The Balaban J connectivity index is 1.46. The number of aliphatic hydroxyl groups is 3. The number of aliphatic hydroxyl groups excluding tert-OH is 3. The van der Waals surface area contributed by atoms with Gasteiger partial charge in [-0.2, -0.15) is 0 Å². The van der Waals surface area contributed by atoms with Gasteiger partial charge in [0.25, 0.3) is 0 Å². The van der Waals surface area contributed by atoms with Crippen LogP contribution in [-0.4, -0.2) is 70.4 Å². The van der Waals surface area contributed by atoms with Crippen molar-refractivity contribution in [1.29, 1.82) is 0 Å². The van der Waals surface area contributed by atoms with E-state index in [1.807, 2.05) is 6.92 Å². The largest absolute Gasteiger partial charge is 0.390 e. The summed E-state index contributed by atoms with van der Waals surface area (Å²) in [6.45, 7) is 2.04. The maximum absolute atomic E-state index is 13.6. The van der Waals surface area contributed by atoms with E-state index in [0.29, 0.717) is 34.1 Å². The van der Waals surface area contributed by atoms with Gasteiger partial charge in [0.2, 0.25) is 0 Å². The third kappa shape index (κ3) is 4.27. The van der Waals surface area contributed by atoms with E-state index < -0.39 is 36.0 Å². The number of nitrogens with zero attached hydrogens (tertiary/aromatic N) is 5. The fourth-order valence-electron chi connectivity index (χ4n) is 4.31. The molecule has 4 N–H and O–H groups in total. The molecular weight excluding hydrogens is 454 g/mol. The highest BCUT2D eigenvalue weighted by molar-refractivity contribution is 7.99. The van der Waals surface area contributed by atoms with Crippen molar-refractivity contribution in [2.24, 2.45) is 0 Å². The lowest BCUT2D eigenvalue weighted by Gasteiger charge is -2.16. The number of anilines is 1. The Kier molecular flexibility index (Phi) is 5.93. The van der Waals surface area contributed by atoms with Crippen molar-refractivity contribution in [3.63, 3.8) is 0 Å². The van der Waals surface area contributed by atoms with Gasteiger partial charge >= 0.3 is 0 Å². The lowest BCUT2D eigenvalue weighted by Crippen LogP contribution is -2.31. The third-order valence-corrected chi connectivity index (χ3v) is 7.15. The lowest BCUT2D eigenvalue weighted by molar-refractivity contribution is -0.0253. The fraction of sp³-hybridized carbons (Fsp3) is 0.524. The smallest absolute Gasteiger partial charge is 0.191 e. The highest BCUT2D eigenvalue weighted by Gasteiger charge is 2.44. The van der Waals surface area contributed by atoms with Crippen molar-refractivity contribution in [2.45, 2.75) is 67.7 Å². The number of rotatable bonds is 7. The summed E-state index contributed by atoms with van der Waals surface area (Å²) in [5.41, 5.74) is 1.34. The summed E-state index contributed by atoms with van der Waals surface area (Å²) in [7, 11) is 0. The lowest BCUT2D eigenvalue weighted by atomic mass is 10.1. The molecule has 12 heteroatoms. The highest BCUT2D eigenvalue weighted by Crippen LogP contribution is 2.44. The first-order valence-corrected chi connectivity index (χ1v) is 11.9. The van der Waals surface area contributed by atoms with Gasteiger partial charge < -0.3 is 20.6 Å². The first-order valence-electron chi connectivity index (χ1n) is 10.9. The monoisotopic (exact) mass is 478 g/mol. The van der Waals surface area contributed by atoms with Gasteiger partial charge in [0.05, 0.1) is 12.1 Å². The summed E-state index contributed by atoms with van der Waals surface area (Å²) in [5.74, 6) is -0.0433. The van der Waals surface area contributed by atoms with Crippen molar-refractivity contribution in [2.75, 3.05) is 11.1 Å². The molecule has 2 aliphatic rings. The summed E-state index contributed by atoms with van der Waals surface area (Å²) < 4.78 is 28.7. The van der Waals surface area contributed by atoms with E-state index in [4.69, 9.17) is 0 Å². The third-order valence-electron chi connectivity index (χ3n) is 6.10. The van der Waals surface area contributed by atoms with E-state index >= 15 is 0 Å². The van der Waals surface area contributed by atoms with Crippen molar-refractivity contribution in [3.8, 4) is 0 Å². The van der Waals surface area contributed by atoms with Crippen LogP contribution in [0, 0.1) is 11.6 Å². The molecular formula is C21H24F2N6O3S. The molecule has 2 unspecified atom stereocenters. The van der Waals surface area contributed by atoms with Gasteiger partial charge in [0.15, 0.2) is 22.1 Å². The molecule has 0 aliphatic heterocycles. The van der Waals surface area contributed by atoms with Crippen LogP contribution < -0.4 is 5.32 Å². The molecule has 0 bridgehead atoms. The van der Waals surface area contributed by atoms with Crippen molar-refractivity contribution < 1.29 is 24.1 Å². The van der Waals surface area contributed by atoms with E-state index in [2.05, 4.69) is 25.6 Å². The zero-order valence-electron chi connectivity index (χ0n) is 17.8. The van der Waals surface area contributed by atoms with Gasteiger partial charge in [-0.15, -0.1) is 5.10 Å². The number of halogens is 2. The van der Waals surface area contributed by atoms with Crippen LogP contribution in [0.2, 0.25) is 0 Å². The molecule has 0 saturated heterocycles. The molecule has 176 valence electrons. The van der Waals surface area contributed by atoms with Crippen LogP contribution in [-0.2, 0) is 0 Å². The Hall–Kier alpha value is -2.41. The van der Waals surface area contributed by atoms with E-state index in [9.17, 15) is 24.1 Å². The van der Waals surface area contributed by atoms with Crippen LogP contribution in [0.3, 0.4) is 0 Å². The molecule has 1 aromatic carbocycles. The average molecular weight is 479 g/mol. The summed E-state index contributed by atoms with van der Waals surface area (Å²) >= 11 is 1.46. The number of aromatic nitrogens is 5. The maximum Gasteiger partial charge on any atom is 0.191 e. The van der Waals surface area contributed by atoms with Gasteiger partial charge in [0, 0.05) is 30.2 Å². The molecule has 33 heavy (non-hydrogen) atoms. The Morgan fingerprint density at radius 3 is 2.52 bits per heavy atom. The normalized spacial score (nSPS) is 29.0. The minimum Gasteiger partial charge on any atom is -0.390 e. The van der Waals surface area contributed by atoms with Gasteiger partial charge in [-0.1, -0.05) is 23.9 Å². The topological polar surface area (TPSA) is 129 Å².